The van der Waals surface area contributed by atoms with E-state index < -0.39 is 4.92 Å². The van der Waals surface area contributed by atoms with Crippen LogP contribution >= 0.6 is 0 Å². The number of rotatable bonds is 6. The molecule has 0 saturated heterocycles. The molecule has 0 unspecified atom stereocenters. The minimum Gasteiger partial charge on any atom is -0.378 e. The van der Waals surface area contributed by atoms with E-state index in [0.29, 0.717) is 5.82 Å². The van der Waals surface area contributed by atoms with E-state index in [4.69, 9.17) is 0 Å². The summed E-state index contributed by atoms with van der Waals surface area (Å²) >= 11 is 0. The van der Waals surface area contributed by atoms with Gasteiger partial charge in [0, 0.05) is 12.6 Å². The van der Waals surface area contributed by atoms with Crippen LogP contribution < -0.4 is 5.32 Å². The number of imidazole rings is 1. The van der Waals surface area contributed by atoms with Crippen LogP contribution in [0.25, 0.3) is 0 Å². The summed E-state index contributed by atoms with van der Waals surface area (Å²) in [4.78, 5) is 25.7. The molecule has 7 heteroatoms. The number of aryl methyl sites for hydroxylation is 2. The van der Waals surface area contributed by atoms with Crippen LogP contribution in [0.15, 0.2) is 30.5 Å². The van der Waals surface area contributed by atoms with E-state index in [9.17, 15) is 14.9 Å². The zero-order valence-electron chi connectivity index (χ0n) is 11.9. The SMILES string of the molecule is Cc1ccc(NCC(=O)Cn2cc([N+](=O)[O-])nc2C)cc1. The summed E-state index contributed by atoms with van der Waals surface area (Å²) in [5.74, 6) is 0.128. The molecular formula is C14H16N4O3. The zero-order valence-corrected chi connectivity index (χ0v) is 11.9. The molecule has 0 saturated carbocycles. The molecule has 1 heterocycles. The molecule has 0 aliphatic carbocycles. The summed E-state index contributed by atoms with van der Waals surface area (Å²) in [5.41, 5.74) is 2.01. The monoisotopic (exact) mass is 288 g/mol. The fraction of sp³-hybridized carbons (Fsp3) is 0.286. The van der Waals surface area contributed by atoms with Gasteiger partial charge in [0.15, 0.2) is 5.78 Å². The second kappa shape index (κ2) is 6.17. The van der Waals surface area contributed by atoms with E-state index in [-0.39, 0.29) is 24.7 Å². The van der Waals surface area contributed by atoms with E-state index in [1.165, 1.54) is 10.8 Å². The van der Waals surface area contributed by atoms with Crippen LogP contribution in [0.2, 0.25) is 0 Å². The predicted octanol–water partition coefficient (Wildman–Crippen LogP) is 2.09. The van der Waals surface area contributed by atoms with Crippen LogP contribution in [0.1, 0.15) is 11.4 Å². The minimum absolute atomic E-state index is 0.0610. The first-order valence-electron chi connectivity index (χ1n) is 6.46. The van der Waals surface area contributed by atoms with Crippen molar-refractivity contribution in [1.82, 2.24) is 9.55 Å². The average Bonchev–Trinajstić information content (AvgIpc) is 2.80. The van der Waals surface area contributed by atoms with Crippen molar-refractivity contribution in [2.45, 2.75) is 20.4 Å². The molecule has 0 bridgehead atoms. The van der Waals surface area contributed by atoms with Crippen molar-refractivity contribution in [2.75, 3.05) is 11.9 Å². The zero-order chi connectivity index (χ0) is 15.4. The summed E-state index contributed by atoms with van der Waals surface area (Å²) in [6, 6.07) is 7.71. The van der Waals surface area contributed by atoms with E-state index in [1.54, 1.807) is 6.92 Å². The van der Waals surface area contributed by atoms with Crippen molar-refractivity contribution < 1.29 is 9.72 Å². The summed E-state index contributed by atoms with van der Waals surface area (Å²) in [6.07, 6.45) is 1.28. The van der Waals surface area contributed by atoms with Gasteiger partial charge in [0.25, 0.3) is 0 Å². The lowest BCUT2D eigenvalue weighted by molar-refractivity contribution is -0.389. The van der Waals surface area contributed by atoms with Crippen molar-refractivity contribution in [3.63, 3.8) is 0 Å². The van der Waals surface area contributed by atoms with Crippen molar-refractivity contribution in [1.29, 1.82) is 0 Å². The highest BCUT2D eigenvalue weighted by atomic mass is 16.6. The van der Waals surface area contributed by atoms with Crippen LogP contribution in [0.4, 0.5) is 11.5 Å². The van der Waals surface area contributed by atoms with E-state index >= 15 is 0 Å². The molecule has 1 aromatic carbocycles. The van der Waals surface area contributed by atoms with Crippen LogP contribution in [-0.4, -0.2) is 26.8 Å². The Morgan fingerprint density at radius 2 is 2.00 bits per heavy atom. The van der Waals surface area contributed by atoms with Crippen molar-refractivity contribution in [3.8, 4) is 0 Å². The molecular weight excluding hydrogens is 272 g/mol. The summed E-state index contributed by atoms with van der Waals surface area (Å²) in [7, 11) is 0. The highest BCUT2D eigenvalue weighted by Crippen LogP contribution is 2.11. The Morgan fingerprint density at radius 3 is 2.57 bits per heavy atom. The van der Waals surface area contributed by atoms with E-state index in [2.05, 4.69) is 10.3 Å². The van der Waals surface area contributed by atoms with Gasteiger partial charge in [0.05, 0.1) is 13.1 Å². The Kier molecular flexibility index (Phi) is 4.32. The average molecular weight is 288 g/mol. The van der Waals surface area contributed by atoms with Crippen molar-refractivity contribution in [2.24, 2.45) is 0 Å². The molecule has 1 N–H and O–H groups in total. The largest absolute Gasteiger partial charge is 0.381 e. The van der Waals surface area contributed by atoms with Gasteiger partial charge in [0.2, 0.25) is 5.82 Å². The molecule has 1 aromatic heterocycles. The molecule has 0 amide bonds. The predicted molar refractivity (Wildman–Crippen MR) is 78.3 cm³/mol. The maximum absolute atomic E-state index is 11.9. The van der Waals surface area contributed by atoms with Crippen LogP contribution in [-0.2, 0) is 11.3 Å². The number of nitro groups is 1. The second-order valence-electron chi connectivity index (χ2n) is 4.79. The number of ketones is 1. The fourth-order valence-corrected chi connectivity index (χ4v) is 1.86. The van der Waals surface area contributed by atoms with Gasteiger partial charge >= 0.3 is 5.82 Å². The van der Waals surface area contributed by atoms with Crippen LogP contribution in [0, 0.1) is 24.0 Å². The van der Waals surface area contributed by atoms with Gasteiger partial charge in [0.1, 0.15) is 6.20 Å². The Morgan fingerprint density at radius 1 is 1.33 bits per heavy atom. The van der Waals surface area contributed by atoms with E-state index in [1.807, 2.05) is 31.2 Å². The van der Waals surface area contributed by atoms with E-state index in [0.717, 1.165) is 11.3 Å². The summed E-state index contributed by atoms with van der Waals surface area (Å²) in [6.45, 7) is 3.84. The number of carbonyl (C=O) groups excluding carboxylic acids is 1. The topological polar surface area (TPSA) is 90.1 Å². The Bertz CT molecular complexity index is 661. The number of benzene rings is 1. The first-order valence-corrected chi connectivity index (χ1v) is 6.46. The molecule has 2 rings (SSSR count). The molecule has 0 aliphatic heterocycles. The third kappa shape index (κ3) is 3.88. The Hall–Kier alpha value is -2.70. The lowest BCUT2D eigenvalue weighted by Crippen LogP contribution is -2.19. The lowest BCUT2D eigenvalue weighted by atomic mass is 10.2. The molecule has 0 atom stereocenters. The maximum Gasteiger partial charge on any atom is 0.381 e. The number of anilines is 1. The smallest absolute Gasteiger partial charge is 0.378 e. The number of nitrogens with one attached hydrogen (secondary N) is 1. The fourth-order valence-electron chi connectivity index (χ4n) is 1.86. The number of aromatic nitrogens is 2. The maximum atomic E-state index is 11.9. The molecule has 0 fully saturated rings. The molecule has 2 aromatic rings. The molecule has 0 aliphatic rings. The third-order valence-corrected chi connectivity index (χ3v) is 3.04. The summed E-state index contributed by atoms with van der Waals surface area (Å²) in [5, 5.41) is 13.6. The molecule has 21 heavy (non-hydrogen) atoms. The Labute approximate surface area is 121 Å². The standard InChI is InChI=1S/C14H16N4O3/c1-10-3-5-12(6-4-10)15-7-13(19)8-17-9-14(18(20)21)16-11(17)2/h3-6,9,15H,7-8H2,1-2H3. The van der Waals surface area contributed by atoms with Crippen LogP contribution in [0.3, 0.4) is 0 Å². The van der Waals surface area contributed by atoms with Gasteiger partial charge in [-0.2, -0.15) is 0 Å². The summed E-state index contributed by atoms with van der Waals surface area (Å²) < 4.78 is 1.48. The van der Waals surface area contributed by atoms with Gasteiger partial charge in [-0.3, -0.25) is 4.79 Å². The van der Waals surface area contributed by atoms with Crippen molar-refractivity contribution >= 4 is 17.3 Å². The molecule has 0 spiro atoms. The quantitative estimate of drug-likeness (QED) is 0.649. The Balaban J connectivity index is 1.92. The minimum atomic E-state index is -0.571. The normalized spacial score (nSPS) is 10.4. The number of hydrogen-bond acceptors (Lipinski definition) is 5. The van der Waals surface area contributed by atoms with Crippen LogP contribution in [0.5, 0.6) is 0 Å². The number of Topliss-reactive ketones (excluding diaryl/α,β-unsaturated/α-hetero) is 1. The number of carbonyl (C=O) groups is 1. The van der Waals surface area contributed by atoms with Gasteiger partial charge in [-0.15, -0.1) is 0 Å². The van der Waals surface area contributed by atoms with Crippen molar-refractivity contribution in [3.05, 3.63) is 52.0 Å². The third-order valence-electron chi connectivity index (χ3n) is 3.04. The highest BCUT2D eigenvalue weighted by Gasteiger charge is 2.16. The van der Waals surface area contributed by atoms with Gasteiger partial charge in [-0.25, -0.2) is 0 Å². The molecule has 0 radical (unpaired) electrons. The molecule has 110 valence electrons. The molecule has 7 nitrogen and oxygen atoms in total. The lowest BCUT2D eigenvalue weighted by Gasteiger charge is -2.06. The first kappa shape index (κ1) is 14.7. The number of nitrogens with zero attached hydrogens (tertiary/aromatic N) is 3. The second-order valence-corrected chi connectivity index (χ2v) is 4.79. The van der Waals surface area contributed by atoms with Gasteiger partial charge in [-0.05, 0) is 29.0 Å². The highest BCUT2D eigenvalue weighted by molar-refractivity contribution is 5.82. The number of hydrogen-bond donors (Lipinski definition) is 1. The first-order chi connectivity index (χ1) is 9.95. The van der Waals surface area contributed by atoms with Gasteiger partial charge in [-0.1, -0.05) is 17.7 Å². The van der Waals surface area contributed by atoms with Gasteiger partial charge < -0.3 is 20.0 Å².